The summed E-state index contributed by atoms with van der Waals surface area (Å²) in [5.74, 6) is 0.574. The summed E-state index contributed by atoms with van der Waals surface area (Å²) in [6.45, 7) is 0.648. The molecule has 0 heterocycles. The van der Waals surface area contributed by atoms with E-state index in [1.54, 1.807) is 12.1 Å². The fraction of sp³-hybridized carbons (Fsp3) is 0.600. The van der Waals surface area contributed by atoms with Gasteiger partial charge >= 0.3 is 0 Å². The first-order valence-corrected chi connectivity index (χ1v) is 7.27. The van der Waals surface area contributed by atoms with Crippen molar-refractivity contribution in [3.8, 4) is 5.75 Å². The van der Waals surface area contributed by atoms with Gasteiger partial charge in [0.25, 0.3) is 5.69 Å². The smallest absolute Gasteiger partial charge is 0.292 e. The standard InChI is InChI=1S/C15H22N2O4/c1-21-12-5-6-14(17(19)20)13(9-12)16-10-15(11-18)7-3-2-4-8-15/h5-6,9,16,18H,2-4,7-8,10-11H2,1H3. The molecule has 1 aromatic rings. The molecule has 1 aliphatic carbocycles. The van der Waals surface area contributed by atoms with Gasteiger partial charge in [-0.25, -0.2) is 0 Å². The number of ether oxygens (including phenoxy) is 1. The summed E-state index contributed by atoms with van der Waals surface area (Å²) < 4.78 is 5.12. The Hall–Kier alpha value is -1.82. The maximum Gasteiger partial charge on any atom is 0.292 e. The van der Waals surface area contributed by atoms with Gasteiger partial charge in [-0.1, -0.05) is 19.3 Å². The highest BCUT2D eigenvalue weighted by Crippen LogP contribution is 2.37. The number of hydrogen-bond acceptors (Lipinski definition) is 5. The number of nitro groups is 1. The van der Waals surface area contributed by atoms with E-state index >= 15 is 0 Å². The Morgan fingerprint density at radius 1 is 1.38 bits per heavy atom. The fourth-order valence-electron chi connectivity index (χ4n) is 2.92. The molecule has 21 heavy (non-hydrogen) atoms. The Morgan fingerprint density at radius 3 is 2.67 bits per heavy atom. The van der Waals surface area contributed by atoms with Gasteiger partial charge in [-0.05, 0) is 18.9 Å². The first-order valence-electron chi connectivity index (χ1n) is 7.27. The van der Waals surface area contributed by atoms with E-state index < -0.39 is 4.92 Å². The van der Waals surface area contributed by atoms with Crippen molar-refractivity contribution in [1.29, 1.82) is 0 Å². The summed E-state index contributed by atoms with van der Waals surface area (Å²) in [5, 5.41) is 23.9. The Morgan fingerprint density at radius 2 is 2.10 bits per heavy atom. The third kappa shape index (κ3) is 3.64. The molecule has 1 saturated carbocycles. The summed E-state index contributed by atoms with van der Waals surface area (Å²) in [5.41, 5.74) is 0.298. The first-order chi connectivity index (χ1) is 10.1. The van der Waals surface area contributed by atoms with Crippen molar-refractivity contribution in [3.05, 3.63) is 28.3 Å². The fourth-order valence-corrected chi connectivity index (χ4v) is 2.92. The quantitative estimate of drug-likeness (QED) is 0.622. The van der Waals surface area contributed by atoms with Gasteiger partial charge < -0.3 is 15.2 Å². The molecule has 0 spiro atoms. The molecule has 0 atom stereocenters. The number of aliphatic hydroxyl groups is 1. The van der Waals surface area contributed by atoms with Crippen LogP contribution in [0.2, 0.25) is 0 Å². The van der Waals surface area contributed by atoms with Gasteiger partial charge in [0, 0.05) is 24.1 Å². The van der Waals surface area contributed by atoms with Crippen LogP contribution in [0.1, 0.15) is 32.1 Å². The van der Waals surface area contributed by atoms with Crippen LogP contribution in [-0.2, 0) is 0 Å². The van der Waals surface area contributed by atoms with Crippen molar-refractivity contribution in [2.24, 2.45) is 5.41 Å². The molecule has 1 aromatic carbocycles. The largest absolute Gasteiger partial charge is 0.497 e. The molecular formula is C15H22N2O4. The second-order valence-corrected chi connectivity index (χ2v) is 5.71. The summed E-state index contributed by atoms with van der Waals surface area (Å²) in [7, 11) is 1.53. The molecule has 2 N–H and O–H groups in total. The van der Waals surface area contributed by atoms with Crippen molar-refractivity contribution in [1.82, 2.24) is 0 Å². The molecule has 0 unspecified atom stereocenters. The van der Waals surface area contributed by atoms with Crippen LogP contribution < -0.4 is 10.1 Å². The van der Waals surface area contributed by atoms with Gasteiger partial charge in [0.15, 0.2) is 0 Å². The van der Waals surface area contributed by atoms with Gasteiger partial charge in [-0.2, -0.15) is 0 Å². The molecular weight excluding hydrogens is 272 g/mol. The lowest BCUT2D eigenvalue weighted by Crippen LogP contribution is -2.35. The van der Waals surface area contributed by atoms with Crippen LogP contribution in [0, 0.1) is 15.5 Å². The van der Waals surface area contributed by atoms with Crippen molar-refractivity contribution in [3.63, 3.8) is 0 Å². The minimum Gasteiger partial charge on any atom is -0.497 e. The SMILES string of the molecule is COc1ccc([N+](=O)[O-])c(NCC2(CO)CCCCC2)c1. The number of aliphatic hydroxyl groups excluding tert-OH is 1. The zero-order chi connectivity index (χ0) is 15.3. The van der Waals surface area contributed by atoms with Crippen molar-refractivity contribution in [2.45, 2.75) is 32.1 Å². The summed E-state index contributed by atoms with van der Waals surface area (Å²) in [6.07, 6.45) is 5.30. The molecule has 0 aromatic heterocycles. The minimum atomic E-state index is -0.408. The van der Waals surface area contributed by atoms with E-state index in [4.69, 9.17) is 4.74 Å². The van der Waals surface area contributed by atoms with Crippen LogP contribution in [0.25, 0.3) is 0 Å². The van der Waals surface area contributed by atoms with Crippen LogP contribution >= 0.6 is 0 Å². The van der Waals surface area contributed by atoms with E-state index in [0.29, 0.717) is 18.0 Å². The Labute approximate surface area is 124 Å². The molecule has 0 aliphatic heterocycles. The van der Waals surface area contributed by atoms with E-state index in [2.05, 4.69) is 5.32 Å². The first kappa shape index (κ1) is 15.6. The number of benzene rings is 1. The summed E-state index contributed by atoms with van der Waals surface area (Å²) in [6, 6.07) is 4.64. The zero-order valence-electron chi connectivity index (χ0n) is 12.3. The highest BCUT2D eigenvalue weighted by Gasteiger charge is 2.31. The normalized spacial score (nSPS) is 17.2. The molecule has 0 bridgehead atoms. The number of methoxy groups -OCH3 is 1. The summed E-state index contributed by atoms with van der Waals surface area (Å²) in [4.78, 5) is 10.7. The summed E-state index contributed by atoms with van der Waals surface area (Å²) >= 11 is 0. The van der Waals surface area contributed by atoms with Gasteiger partial charge in [-0.3, -0.25) is 10.1 Å². The van der Waals surface area contributed by atoms with Gasteiger partial charge in [0.05, 0.1) is 18.6 Å². The van der Waals surface area contributed by atoms with E-state index in [1.807, 2.05) is 0 Å². The van der Waals surface area contributed by atoms with Gasteiger partial charge in [0.1, 0.15) is 11.4 Å². The highest BCUT2D eigenvalue weighted by molar-refractivity contribution is 5.64. The van der Waals surface area contributed by atoms with Crippen molar-refractivity contribution in [2.75, 3.05) is 25.6 Å². The number of anilines is 1. The van der Waals surface area contributed by atoms with Crippen LogP contribution in [-0.4, -0.2) is 30.3 Å². The number of nitro benzene ring substituents is 1. The molecule has 6 nitrogen and oxygen atoms in total. The third-order valence-corrected chi connectivity index (χ3v) is 4.30. The molecule has 6 heteroatoms. The van der Waals surface area contributed by atoms with Gasteiger partial charge in [-0.15, -0.1) is 0 Å². The van der Waals surface area contributed by atoms with Gasteiger partial charge in [0.2, 0.25) is 0 Å². The molecule has 116 valence electrons. The lowest BCUT2D eigenvalue weighted by molar-refractivity contribution is -0.384. The monoisotopic (exact) mass is 294 g/mol. The lowest BCUT2D eigenvalue weighted by Gasteiger charge is -2.35. The molecule has 0 radical (unpaired) electrons. The predicted octanol–water partition coefficient (Wildman–Crippen LogP) is 2.96. The number of nitrogens with one attached hydrogen (secondary N) is 1. The number of hydrogen-bond donors (Lipinski definition) is 2. The molecule has 2 rings (SSSR count). The minimum absolute atomic E-state index is 0.0275. The van der Waals surface area contributed by atoms with Crippen molar-refractivity contribution < 1.29 is 14.8 Å². The number of rotatable bonds is 6. The maximum atomic E-state index is 11.1. The van der Waals surface area contributed by atoms with Crippen LogP contribution in [0.3, 0.4) is 0 Å². The average Bonchev–Trinajstić information content (AvgIpc) is 2.53. The Kier molecular flexibility index (Phi) is 5.01. The van der Waals surface area contributed by atoms with E-state index in [9.17, 15) is 15.2 Å². The van der Waals surface area contributed by atoms with E-state index in [0.717, 1.165) is 25.7 Å². The Bertz CT molecular complexity index is 498. The maximum absolute atomic E-state index is 11.1. The molecule has 1 aliphatic rings. The molecule has 0 saturated heterocycles. The molecule has 1 fully saturated rings. The van der Waals surface area contributed by atoms with E-state index in [1.165, 1.54) is 19.6 Å². The number of nitrogens with zero attached hydrogens (tertiary/aromatic N) is 1. The average molecular weight is 294 g/mol. The Balaban J connectivity index is 2.15. The van der Waals surface area contributed by atoms with Crippen molar-refractivity contribution >= 4 is 11.4 Å². The predicted molar refractivity (Wildman–Crippen MR) is 80.7 cm³/mol. The second-order valence-electron chi connectivity index (χ2n) is 5.71. The zero-order valence-corrected chi connectivity index (χ0v) is 12.3. The topological polar surface area (TPSA) is 84.6 Å². The van der Waals surface area contributed by atoms with Crippen LogP contribution in [0.15, 0.2) is 18.2 Å². The highest BCUT2D eigenvalue weighted by atomic mass is 16.6. The third-order valence-electron chi connectivity index (χ3n) is 4.30. The lowest BCUT2D eigenvalue weighted by atomic mass is 9.74. The molecule has 0 amide bonds. The van der Waals surface area contributed by atoms with Crippen LogP contribution in [0.5, 0.6) is 5.75 Å². The second kappa shape index (κ2) is 6.76. The van der Waals surface area contributed by atoms with E-state index in [-0.39, 0.29) is 17.7 Å². The van der Waals surface area contributed by atoms with Crippen LogP contribution in [0.4, 0.5) is 11.4 Å².